The molecule has 1 aromatic heterocycles. The van der Waals surface area contributed by atoms with E-state index in [9.17, 15) is 0 Å². The average Bonchev–Trinajstić information content (AvgIpc) is 3.23. The van der Waals surface area contributed by atoms with Gasteiger partial charge in [-0.05, 0) is 31.4 Å². The number of hydrogen-bond donors (Lipinski definition) is 0. The van der Waals surface area contributed by atoms with Crippen LogP contribution in [0, 0.1) is 0 Å². The Morgan fingerprint density at radius 1 is 1.30 bits per heavy atom. The molecular formula is C14H17N3O3. The van der Waals surface area contributed by atoms with Crippen LogP contribution in [-0.4, -0.2) is 40.9 Å². The molecular weight excluding hydrogens is 258 g/mol. The summed E-state index contributed by atoms with van der Waals surface area (Å²) in [4.78, 5) is 0. The maximum Gasteiger partial charge on any atom is 0.155 e. The molecule has 0 N–H and O–H groups in total. The standard InChI is InChI=1S/C14H17N3O3/c1-2-7-18-13(6-1)17-11-4-3-5-12(14(11)15-16-17)20-9-10-8-19-10/h3-5,10,13H,1-2,6-9H2/t10-,13?/m1/s1. The molecule has 4 rings (SSSR count). The van der Waals surface area contributed by atoms with Crippen LogP contribution >= 0.6 is 0 Å². The highest BCUT2D eigenvalue weighted by atomic mass is 16.6. The maximum atomic E-state index is 5.78. The second kappa shape index (κ2) is 5.03. The van der Waals surface area contributed by atoms with E-state index in [1.54, 1.807) is 0 Å². The number of ether oxygens (including phenoxy) is 3. The van der Waals surface area contributed by atoms with Crippen LogP contribution in [0.15, 0.2) is 18.2 Å². The molecule has 2 aromatic rings. The molecule has 0 aliphatic carbocycles. The Morgan fingerprint density at radius 3 is 3.05 bits per heavy atom. The molecule has 0 radical (unpaired) electrons. The highest BCUT2D eigenvalue weighted by Gasteiger charge is 2.24. The molecule has 2 saturated heterocycles. The molecule has 3 heterocycles. The van der Waals surface area contributed by atoms with Crippen molar-refractivity contribution in [2.24, 2.45) is 0 Å². The summed E-state index contributed by atoms with van der Waals surface area (Å²) in [5, 5.41) is 8.51. The minimum Gasteiger partial charge on any atom is -0.488 e. The van der Waals surface area contributed by atoms with Gasteiger partial charge in [-0.15, -0.1) is 5.10 Å². The van der Waals surface area contributed by atoms with E-state index in [4.69, 9.17) is 14.2 Å². The summed E-state index contributed by atoms with van der Waals surface area (Å²) >= 11 is 0. The minimum atomic E-state index is -0.00392. The Balaban J connectivity index is 1.63. The normalized spacial score (nSPS) is 25.8. The van der Waals surface area contributed by atoms with Crippen molar-refractivity contribution in [3.63, 3.8) is 0 Å². The van der Waals surface area contributed by atoms with Crippen molar-refractivity contribution in [1.82, 2.24) is 15.0 Å². The van der Waals surface area contributed by atoms with Crippen molar-refractivity contribution >= 4 is 11.0 Å². The molecule has 0 bridgehead atoms. The SMILES string of the molecule is c1cc(OC[C@H]2CO2)c2nnn(C3CCCCO3)c2c1. The van der Waals surface area contributed by atoms with Gasteiger partial charge in [0.25, 0.3) is 0 Å². The maximum absolute atomic E-state index is 5.78. The van der Waals surface area contributed by atoms with Gasteiger partial charge in [0.05, 0.1) is 12.1 Å². The summed E-state index contributed by atoms with van der Waals surface area (Å²) in [6.07, 6.45) is 3.51. The molecule has 1 unspecified atom stereocenters. The molecule has 6 heteroatoms. The van der Waals surface area contributed by atoms with Crippen LogP contribution in [0.1, 0.15) is 25.5 Å². The zero-order valence-corrected chi connectivity index (χ0v) is 11.2. The first-order valence-corrected chi connectivity index (χ1v) is 7.12. The van der Waals surface area contributed by atoms with Crippen LogP contribution in [0.3, 0.4) is 0 Å². The third kappa shape index (κ3) is 2.25. The molecule has 2 atom stereocenters. The van der Waals surface area contributed by atoms with Gasteiger partial charge < -0.3 is 14.2 Å². The van der Waals surface area contributed by atoms with Crippen LogP contribution in [0.5, 0.6) is 5.75 Å². The highest BCUT2D eigenvalue weighted by molar-refractivity contribution is 5.81. The molecule has 106 valence electrons. The third-order valence-electron chi connectivity index (χ3n) is 3.72. The van der Waals surface area contributed by atoms with Crippen molar-refractivity contribution in [1.29, 1.82) is 0 Å². The Labute approximate surface area is 116 Å². The number of hydrogen-bond acceptors (Lipinski definition) is 5. The van der Waals surface area contributed by atoms with E-state index in [0.29, 0.717) is 6.61 Å². The van der Waals surface area contributed by atoms with Gasteiger partial charge in [-0.25, -0.2) is 4.68 Å². The lowest BCUT2D eigenvalue weighted by Crippen LogP contribution is -2.19. The number of aromatic nitrogens is 3. The van der Waals surface area contributed by atoms with Crippen molar-refractivity contribution in [3.8, 4) is 5.75 Å². The second-order valence-corrected chi connectivity index (χ2v) is 5.25. The first-order chi connectivity index (χ1) is 9.92. The Morgan fingerprint density at radius 2 is 2.25 bits per heavy atom. The van der Waals surface area contributed by atoms with Gasteiger partial charge in [0.2, 0.25) is 0 Å². The fourth-order valence-electron chi connectivity index (χ4n) is 2.53. The van der Waals surface area contributed by atoms with E-state index in [1.807, 2.05) is 22.9 Å². The number of nitrogens with zero attached hydrogens (tertiary/aromatic N) is 3. The van der Waals surface area contributed by atoms with Crippen molar-refractivity contribution in [2.45, 2.75) is 31.6 Å². The molecule has 2 aliphatic heterocycles. The molecule has 2 aliphatic rings. The number of epoxide rings is 1. The number of fused-ring (bicyclic) bond motifs is 1. The van der Waals surface area contributed by atoms with Gasteiger partial charge in [-0.2, -0.15) is 0 Å². The summed E-state index contributed by atoms with van der Waals surface area (Å²) in [7, 11) is 0. The zero-order valence-electron chi connectivity index (χ0n) is 11.2. The average molecular weight is 275 g/mol. The molecule has 0 amide bonds. The molecule has 0 spiro atoms. The lowest BCUT2D eigenvalue weighted by molar-refractivity contribution is -0.0377. The van der Waals surface area contributed by atoms with E-state index in [-0.39, 0.29) is 12.3 Å². The summed E-state index contributed by atoms with van der Waals surface area (Å²) in [5.41, 5.74) is 1.76. The summed E-state index contributed by atoms with van der Waals surface area (Å²) < 4.78 is 18.6. The van der Waals surface area contributed by atoms with Crippen molar-refractivity contribution < 1.29 is 14.2 Å². The lowest BCUT2D eigenvalue weighted by Gasteiger charge is -2.22. The summed E-state index contributed by atoms with van der Waals surface area (Å²) in [5.74, 6) is 0.764. The van der Waals surface area contributed by atoms with Crippen LogP contribution < -0.4 is 4.74 Å². The van der Waals surface area contributed by atoms with Gasteiger partial charge in [0.15, 0.2) is 11.7 Å². The number of benzene rings is 1. The largest absolute Gasteiger partial charge is 0.488 e. The molecule has 0 saturated carbocycles. The fourth-order valence-corrected chi connectivity index (χ4v) is 2.53. The quantitative estimate of drug-likeness (QED) is 0.798. The first kappa shape index (κ1) is 12.1. The van der Waals surface area contributed by atoms with Gasteiger partial charge in [-0.3, -0.25) is 0 Å². The molecule has 1 aromatic carbocycles. The predicted octanol–water partition coefficient (Wildman–Crippen LogP) is 1.91. The third-order valence-corrected chi connectivity index (χ3v) is 3.72. The van der Waals surface area contributed by atoms with Gasteiger partial charge in [-0.1, -0.05) is 11.3 Å². The van der Waals surface area contributed by atoms with Crippen molar-refractivity contribution in [2.75, 3.05) is 19.8 Å². The van der Waals surface area contributed by atoms with Crippen LogP contribution in [-0.2, 0) is 9.47 Å². The second-order valence-electron chi connectivity index (χ2n) is 5.25. The van der Waals surface area contributed by atoms with E-state index in [1.165, 1.54) is 6.42 Å². The predicted molar refractivity (Wildman–Crippen MR) is 71.6 cm³/mol. The monoisotopic (exact) mass is 275 g/mol. The van der Waals surface area contributed by atoms with Crippen molar-refractivity contribution in [3.05, 3.63) is 18.2 Å². The topological polar surface area (TPSA) is 61.7 Å². The lowest BCUT2D eigenvalue weighted by atomic mass is 10.2. The summed E-state index contributed by atoms with van der Waals surface area (Å²) in [6, 6.07) is 5.90. The highest BCUT2D eigenvalue weighted by Crippen LogP contribution is 2.29. The Kier molecular flexibility index (Phi) is 3.05. The number of rotatable bonds is 4. The Bertz CT molecular complexity index is 603. The van der Waals surface area contributed by atoms with E-state index in [2.05, 4.69) is 10.3 Å². The van der Waals surface area contributed by atoms with Gasteiger partial charge in [0.1, 0.15) is 18.5 Å². The van der Waals surface area contributed by atoms with Gasteiger partial charge in [0, 0.05) is 6.61 Å². The molecule has 6 nitrogen and oxygen atoms in total. The smallest absolute Gasteiger partial charge is 0.155 e. The first-order valence-electron chi connectivity index (χ1n) is 7.12. The zero-order chi connectivity index (χ0) is 13.4. The molecule has 20 heavy (non-hydrogen) atoms. The van der Waals surface area contributed by atoms with E-state index < -0.39 is 0 Å². The molecule has 2 fully saturated rings. The van der Waals surface area contributed by atoms with E-state index >= 15 is 0 Å². The van der Waals surface area contributed by atoms with Crippen LogP contribution in [0.25, 0.3) is 11.0 Å². The van der Waals surface area contributed by atoms with Crippen LogP contribution in [0.4, 0.5) is 0 Å². The fraction of sp³-hybridized carbons (Fsp3) is 0.571. The van der Waals surface area contributed by atoms with Gasteiger partial charge >= 0.3 is 0 Å². The summed E-state index contributed by atoms with van der Waals surface area (Å²) in [6.45, 7) is 2.16. The van der Waals surface area contributed by atoms with E-state index in [0.717, 1.165) is 42.8 Å². The minimum absolute atomic E-state index is 0.00392. The Hall–Kier alpha value is -1.66. The van der Waals surface area contributed by atoms with Crippen LogP contribution in [0.2, 0.25) is 0 Å².